The van der Waals surface area contributed by atoms with E-state index in [0.29, 0.717) is 37.5 Å². The average molecular weight is 466 g/mol. The minimum absolute atomic E-state index is 0.0589. The molecule has 1 aromatic heterocycles. The van der Waals surface area contributed by atoms with Crippen LogP contribution < -0.4 is 4.90 Å². The molecule has 7 heteroatoms. The molecular formula is C26H28ClN3O3. The number of carbonyl (C=O) groups excluding carboxylic acids is 2. The number of para-hydroxylation sites is 1. The number of benzene rings is 2. The molecule has 3 aromatic rings. The molecule has 0 N–H and O–H groups in total. The van der Waals surface area contributed by atoms with Crippen molar-refractivity contribution in [2.75, 3.05) is 37.6 Å². The van der Waals surface area contributed by atoms with E-state index < -0.39 is 0 Å². The van der Waals surface area contributed by atoms with E-state index in [1.54, 1.807) is 17.9 Å². The van der Waals surface area contributed by atoms with Crippen molar-refractivity contribution in [3.05, 3.63) is 88.8 Å². The fourth-order valence-corrected chi connectivity index (χ4v) is 4.38. The van der Waals surface area contributed by atoms with Gasteiger partial charge in [-0.1, -0.05) is 54.1 Å². The molecule has 2 aromatic carbocycles. The third kappa shape index (κ3) is 5.57. The Balaban J connectivity index is 1.37. The maximum Gasteiger partial charge on any atom is 0.257 e. The second kappa shape index (κ2) is 10.6. The number of carbonyl (C=O) groups is 2. The summed E-state index contributed by atoms with van der Waals surface area (Å²) in [4.78, 5) is 32.0. The minimum atomic E-state index is -0.124. The van der Waals surface area contributed by atoms with Gasteiger partial charge in [-0.3, -0.25) is 9.59 Å². The van der Waals surface area contributed by atoms with E-state index in [4.69, 9.17) is 16.0 Å². The van der Waals surface area contributed by atoms with Gasteiger partial charge in [0, 0.05) is 45.7 Å². The van der Waals surface area contributed by atoms with Crippen molar-refractivity contribution < 1.29 is 14.0 Å². The van der Waals surface area contributed by atoms with Crippen LogP contribution in [0.25, 0.3) is 0 Å². The molecular weight excluding hydrogens is 438 g/mol. The van der Waals surface area contributed by atoms with E-state index in [1.165, 1.54) is 6.26 Å². The van der Waals surface area contributed by atoms with Gasteiger partial charge in [-0.25, -0.2) is 0 Å². The summed E-state index contributed by atoms with van der Waals surface area (Å²) in [5.74, 6) is 0.519. The van der Waals surface area contributed by atoms with Gasteiger partial charge in [0.05, 0.1) is 22.5 Å². The smallest absolute Gasteiger partial charge is 0.257 e. The van der Waals surface area contributed by atoms with Crippen LogP contribution in [0.5, 0.6) is 0 Å². The molecule has 6 nitrogen and oxygen atoms in total. The lowest BCUT2D eigenvalue weighted by molar-refractivity contribution is -0.131. The van der Waals surface area contributed by atoms with E-state index in [1.807, 2.05) is 59.5 Å². The summed E-state index contributed by atoms with van der Waals surface area (Å²) in [6.07, 6.45) is 1.80. The number of anilines is 1. The predicted octanol–water partition coefficient (Wildman–Crippen LogP) is 4.62. The first kappa shape index (κ1) is 22.9. The second-order valence-electron chi connectivity index (χ2n) is 8.17. The first-order chi connectivity index (χ1) is 16.0. The highest BCUT2D eigenvalue weighted by Crippen LogP contribution is 2.26. The Morgan fingerprint density at radius 2 is 1.67 bits per heavy atom. The molecule has 33 heavy (non-hydrogen) atoms. The number of amides is 2. The molecule has 1 saturated heterocycles. The summed E-state index contributed by atoms with van der Waals surface area (Å²) in [7, 11) is 0. The number of rotatable bonds is 7. The van der Waals surface area contributed by atoms with Gasteiger partial charge in [-0.2, -0.15) is 0 Å². The van der Waals surface area contributed by atoms with Crippen LogP contribution in [0.4, 0.5) is 5.69 Å². The summed E-state index contributed by atoms with van der Waals surface area (Å²) in [5, 5.41) is 0.724. The van der Waals surface area contributed by atoms with E-state index in [9.17, 15) is 9.59 Å². The molecule has 1 aliphatic heterocycles. The van der Waals surface area contributed by atoms with Gasteiger partial charge in [0.25, 0.3) is 5.91 Å². The topological polar surface area (TPSA) is 57.0 Å². The van der Waals surface area contributed by atoms with Crippen molar-refractivity contribution in [3.8, 4) is 0 Å². The molecule has 0 saturated carbocycles. The van der Waals surface area contributed by atoms with Crippen LogP contribution in [0.3, 0.4) is 0 Å². The SMILES string of the molecule is Cc1occc1C(=O)N(CCC(=O)N1CCN(c2ccccc2Cl)CC1)Cc1ccccc1. The van der Waals surface area contributed by atoms with Crippen molar-refractivity contribution in [2.24, 2.45) is 0 Å². The van der Waals surface area contributed by atoms with Crippen molar-refractivity contribution in [2.45, 2.75) is 19.9 Å². The van der Waals surface area contributed by atoms with Crippen LogP contribution in [0.15, 0.2) is 71.3 Å². The van der Waals surface area contributed by atoms with Gasteiger partial charge in [0.15, 0.2) is 0 Å². The highest BCUT2D eigenvalue weighted by molar-refractivity contribution is 6.33. The van der Waals surface area contributed by atoms with Gasteiger partial charge >= 0.3 is 0 Å². The Bertz CT molecular complexity index is 1090. The molecule has 2 amide bonds. The molecule has 2 heterocycles. The van der Waals surface area contributed by atoms with Crippen LogP contribution in [0.2, 0.25) is 5.02 Å². The Hall–Kier alpha value is -3.25. The van der Waals surface area contributed by atoms with Crippen LogP contribution >= 0.6 is 11.6 Å². The Morgan fingerprint density at radius 1 is 0.970 bits per heavy atom. The average Bonchev–Trinajstić information content (AvgIpc) is 3.28. The van der Waals surface area contributed by atoms with E-state index >= 15 is 0 Å². The molecule has 0 bridgehead atoms. The Morgan fingerprint density at radius 3 is 2.33 bits per heavy atom. The standard InChI is InChI=1S/C26H28ClN3O3/c1-20-22(12-18-33-20)26(32)30(19-21-7-3-2-4-8-21)13-11-25(31)29-16-14-28(15-17-29)24-10-6-5-9-23(24)27/h2-10,12,18H,11,13-17,19H2,1H3. The molecule has 0 aliphatic carbocycles. The van der Waals surface area contributed by atoms with Gasteiger partial charge in [0.2, 0.25) is 5.91 Å². The van der Waals surface area contributed by atoms with Crippen molar-refractivity contribution in [3.63, 3.8) is 0 Å². The zero-order chi connectivity index (χ0) is 23.2. The van der Waals surface area contributed by atoms with Gasteiger partial charge in [0.1, 0.15) is 5.76 Å². The summed E-state index contributed by atoms with van der Waals surface area (Å²) in [6.45, 7) is 5.30. The maximum absolute atomic E-state index is 13.2. The highest BCUT2D eigenvalue weighted by Gasteiger charge is 2.25. The van der Waals surface area contributed by atoms with E-state index in [-0.39, 0.29) is 18.2 Å². The number of furan rings is 1. The molecule has 0 spiro atoms. The van der Waals surface area contributed by atoms with Gasteiger partial charge < -0.3 is 19.1 Å². The first-order valence-electron chi connectivity index (χ1n) is 11.2. The van der Waals surface area contributed by atoms with Crippen molar-refractivity contribution >= 4 is 29.1 Å². The lowest BCUT2D eigenvalue weighted by Crippen LogP contribution is -2.49. The number of nitrogens with zero attached hydrogens (tertiary/aromatic N) is 3. The van der Waals surface area contributed by atoms with Crippen LogP contribution in [0.1, 0.15) is 28.1 Å². The third-order valence-electron chi connectivity index (χ3n) is 6.01. The molecule has 1 fully saturated rings. The van der Waals surface area contributed by atoms with Gasteiger partial charge in [-0.15, -0.1) is 0 Å². The molecule has 0 unspecified atom stereocenters. The first-order valence-corrected chi connectivity index (χ1v) is 11.6. The Labute approximate surface area is 199 Å². The number of aryl methyl sites for hydroxylation is 1. The molecule has 0 radical (unpaired) electrons. The summed E-state index contributed by atoms with van der Waals surface area (Å²) in [6, 6.07) is 19.3. The zero-order valence-corrected chi connectivity index (χ0v) is 19.5. The van der Waals surface area contributed by atoms with Gasteiger partial charge in [-0.05, 0) is 30.7 Å². The predicted molar refractivity (Wildman–Crippen MR) is 129 cm³/mol. The molecule has 1 aliphatic rings. The quantitative estimate of drug-likeness (QED) is 0.510. The second-order valence-corrected chi connectivity index (χ2v) is 8.58. The van der Waals surface area contributed by atoms with Crippen LogP contribution in [0, 0.1) is 6.92 Å². The third-order valence-corrected chi connectivity index (χ3v) is 6.33. The number of piperazine rings is 1. The summed E-state index contributed by atoms with van der Waals surface area (Å²) < 4.78 is 5.32. The number of halogens is 1. The van der Waals surface area contributed by atoms with Crippen LogP contribution in [-0.4, -0.2) is 54.3 Å². The monoisotopic (exact) mass is 465 g/mol. The fourth-order valence-electron chi connectivity index (χ4n) is 4.13. The minimum Gasteiger partial charge on any atom is -0.469 e. The van der Waals surface area contributed by atoms with Crippen molar-refractivity contribution in [1.29, 1.82) is 0 Å². The van der Waals surface area contributed by atoms with Crippen molar-refractivity contribution in [1.82, 2.24) is 9.80 Å². The van der Waals surface area contributed by atoms with E-state index in [2.05, 4.69) is 4.90 Å². The number of hydrogen-bond acceptors (Lipinski definition) is 4. The zero-order valence-electron chi connectivity index (χ0n) is 18.7. The molecule has 4 rings (SSSR count). The normalized spacial score (nSPS) is 13.8. The van der Waals surface area contributed by atoms with E-state index in [0.717, 1.165) is 29.4 Å². The molecule has 172 valence electrons. The Kier molecular flexibility index (Phi) is 7.35. The lowest BCUT2D eigenvalue weighted by atomic mass is 10.1. The van der Waals surface area contributed by atoms with Crippen LogP contribution in [-0.2, 0) is 11.3 Å². The fraction of sp³-hybridized carbons (Fsp3) is 0.308. The highest BCUT2D eigenvalue weighted by atomic mass is 35.5. The summed E-state index contributed by atoms with van der Waals surface area (Å²) >= 11 is 6.32. The molecule has 0 atom stereocenters. The maximum atomic E-state index is 13.2. The largest absolute Gasteiger partial charge is 0.469 e. The number of hydrogen-bond donors (Lipinski definition) is 0. The summed E-state index contributed by atoms with van der Waals surface area (Å²) in [5.41, 5.74) is 2.56. The lowest BCUT2D eigenvalue weighted by Gasteiger charge is -2.36.